The third-order valence-electron chi connectivity index (χ3n) is 1.31. The van der Waals surface area contributed by atoms with Crippen LogP contribution in [0.3, 0.4) is 0 Å². The van der Waals surface area contributed by atoms with E-state index < -0.39 is 10.3 Å². The van der Waals surface area contributed by atoms with E-state index in [1.165, 1.54) is 0 Å². The van der Waals surface area contributed by atoms with Crippen LogP contribution in [-0.2, 0) is 10.3 Å². The molecule has 6 heteroatoms. The molecule has 70 valence electrons. The molecule has 0 rings (SSSR count). The van der Waals surface area contributed by atoms with E-state index in [-0.39, 0.29) is 31.0 Å². The summed E-state index contributed by atoms with van der Waals surface area (Å²) in [4.78, 5) is 0. The Labute approximate surface area is 97.8 Å². The number of nitrogens with one attached hydrogen (secondary N) is 1. The second-order valence-electron chi connectivity index (χ2n) is 2.43. The topological polar surface area (TPSA) is 66.4 Å². The molecule has 2 N–H and O–H groups in total. The zero-order chi connectivity index (χ0) is 8.74. The van der Waals surface area contributed by atoms with Gasteiger partial charge in [-0.25, -0.2) is 0 Å². The van der Waals surface area contributed by atoms with Crippen molar-refractivity contribution in [3.63, 3.8) is 0 Å². The Balaban J connectivity index is -0.000000500. The van der Waals surface area contributed by atoms with Crippen molar-refractivity contribution in [2.24, 2.45) is 0 Å². The van der Waals surface area contributed by atoms with Gasteiger partial charge < -0.3 is 1.43 Å². The minimum absolute atomic E-state index is 0. The Morgan fingerprint density at radius 3 is 2.33 bits per heavy atom. The predicted molar refractivity (Wildman–Crippen MR) is 44.8 cm³/mol. The first-order valence-corrected chi connectivity index (χ1v) is 5.22. The minimum Gasteiger partial charge on any atom is -1.00 e. The third-order valence-corrected chi connectivity index (χ3v) is 1.88. The van der Waals surface area contributed by atoms with E-state index in [1.54, 1.807) is 0 Å². The van der Waals surface area contributed by atoms with E-state index in [0.29, 0.717) is 6.54 Å². The summed E-state index contributed by atoms with van der Waals surface area (Å²) in [5.74, 6) is 0. The Morgan fingerprint density at radius 1 is 1.33 bits per heavy atom. The molecule has 0 aliphatic heterocycles. The van der Waals surface area contributed by atoms with Gasteiger partial charge in [-0.2, -0.15) is 13.1 Å². The molecule has 0 aliphatic carbocycles. The van der Waals surface area contributed by atoms with Crippen LogP contribution in [-0.4, -0.2) is 19.5 Å². The Bertz CT molecular complexity index is 186. The van der Waals surface area contributed by atoms with Crippen molar-refractivity contribution >= 4 is 10.3 Å². The summed E-state index contributed by atoms with van der Waals surface area (Å²) in [6.45, 7) is 2.41. The smallest absolute Gasteiger partial charge is 1.00 e. The molecule has 12 heavy (non-hydrogen) atoms. The summed E-state index contributed by atoms with van der Waals surface area (Å²) in [6.07, 6.45) is 4.01. The Morgan fingerprint density at radius 2 is 1.92 bits per heavy atom. The van der Waals surface area contributed by atoms with Crippen molar-refractivity contribution in [1.82, 2.24) is 4.72 Å². The molecule has 0 aromatic rings. The number of hydrogen-bond donors (Lipinski definition) is 2. The van der Waals surface area contributed by atoms with E-state index in [1.807, 2.05) is 4.72 Å². The molecular weight excluding hydrogens is 189 g/mol. The molecule has 0 spiro atoms. The van der Waals surface area contributed by atoms with Gasteiger partial charge in [0.1, 0.15) is 0 Å². The summed E-state index contributed by atoms with van der Waals surface area (Å²) in [6, 6.07) is 0. The van der Waals surface area contributed by atoms with Crippen LogP contribution in [0.2, 0.25) is 0 Å². The number of hydrogen-bond acceptors (Lipinski definition) is 2. The normalized spacial score (nSPS) is 10.8. The quantitative estimate of drug-likeness (QED) is 0.302. The number of rotatable bonds is 6. The Kier molecular flexibility index (Phi) is 10.8. The molecular formula is C6H16NNaO3S. The fourth-order valence-corrected chi connectivity index (χ4v) is 1.16. The first-order valence-electron chi connectivity index (χ1n) is 3.78. The predicted octanol–water partition coefficient (Wildman–Crippen LogP) is -1.92. The summed E-state index contributed by atoms with van der Waals surface area (Å²) in [7, 11) is -3.96. The molecule has 0 atom stereocenters. The van der Waals surface area contributed by atoms with Crippen molar-refractivity contribution in [3.05, 3.63) is 0 Å². The maximum Gasteiger partial charge on any atom is 1.00 e. The summed E-state index contributed by atoms with van der Waals surface area (Å²) < 4.78 is 30.5. The van der Waals surface area contributed by atoms with Crippen LogP contribution in [0.15, 0.2) is 0 Å². The van der Waals surface area contributed by atoms with Crippen LogP contribution >= 0.6 is 0 Å². The van der Waals surface area contributed by atoms with E-state index in [0.717, 1.165) is 25.7 Å². The van der Waals surface area contributed by atoms with Crippen LogP contribution in [0, 0.1) is 0 Å². The molecule has 0 saturated carbocycles. The monoisotopic (exact) mass is 205 g/mol. The molecule has 0 unspecified atom stereocenters. The van der Waals surface area contributed by atoms with Gasteiger partial charge in [-0.1, -0.05) is 26.2 Å². The molecule has 4 nitrogen and oxygen atoms in total. The van der Waals surface area contributed by atoms with Crippen LogP contribution in [0.1, 0.15) is 34.0 Å². The van der Waals surface area contributed by atoms with Crippen molar-refractivity contribution in [1.29, 1.82) is 0 Å². The van der Waals surface area contributed by atoms with Gasteiger partial charge in [0.05, 0.1) is 0 Å². The zero-order valence-corrected chi connectivity index (χ0v) is 10.5. The van der Waals surface area contributed by atoms with Gasteiger partial charge in [0, 0.05) is 6.54 Å². The molecule has 0 amide bonds. The van der Waals surface area contributed by atoms with E-state index in [9.17, 15) is 8.42 Å². The summed E-state index contributed by atoms with van der Waals surface area (Å²) in [5, 5.41) is 0. The molecule has 0 fully saturated rings. The van der Waals surface area contributed by atoms with E-state index >= 15 is 0 Å². The molecule has 0 saturated heterocycles. The molecule has 0 aromatic heterocycles. The standard InChI is InChI=1S/C6H15NO3S.Na.H/c1-2-3-4-5-6-7-11(8,9)10;;/h7H,2-6H2,1H3,(H,8,9,10);;/q;+1;-1. The first kappa shape index (κ1) is 15.3. The SMILES string of the molecule is CCCCCCNS(=O)(=O)O.[H-].[Na+]. The van der Waals surface area contributed by atoms with Gasteiger partial charge in [-0.15, -0.1) is 0 Å². The summed E-state index contributed by atoms with van der Waals surface area (Å²) >= 11 is 0. The average Bonchev–Trinajstić information content (AvgIpc) is 1.85. The van der Waals surface area contributed by atoms with Crippen molar-refractivity contribution < 1.29 is 44.0 Å². The van der Waals surface area contributed by atoms with Gasteiger partial charge >= 0.3 is 39.9 Å². The fourth-order valence-electron chi connectivity index (χ4n) is 0.753. The van der Waals surface area contributed by atoms with Crippen LogP contribution in [0.25, 0.3) is 0 Å². The van der Waals surface area contributed by atoms with Gasteiger partial charge in [0.15, 0.2) is 0 Å². The van der Waals surface area contributed by atoms with Gasteiger partial charge in [0.25, 0.3) is 0 Å². The van der Waals surface area contributed by atoms with Crippen molar-refractivity contribution in [3.8, 4) is 0 Å². The average molecular weight is 205 g/mol. The molecule has 0 aliphatic rings. The van der Waals surface area contributed by atoms with E-state index in [2.05, 4.69) is 6.92 Å². The van der Waals surface area contributed by atoms with Crippen molar-refractivity contribution in [2.75, 3.05) is 6.54 Å². The second kappa shape index (κ2) is 8.47. The van der Waals surface area contributed by atoms with Crippen LogP contribution in [0.4, 0.5) is 0 Å². The van der Waals surface area contributed by atoms with Gasteiger partial charge in [-0.3, -0.25) is 4.55 Å². The van der Waals surface area contributed by atoms with Gasteiger partial charge in [0.2, 0.25) is 0 Å². The maximum absolute atomic E-state index is 10.1. The first-order chi connectivity index (χ1) is 5.06. The fraction of sp³-hybridized carbons (Fsp3) is 1.00. The molecule has 0 aromatic carbocycles. The molecule has 0 heterocycles. The van der Waals surface area contributed by atoms with Crippen molar-refractivity contribution in [2.45, 2.75) is 32.6 Å². The molecule has 0 radical (unpaired) electrons. The molecule has 0 bridgehead atoms. The van der Waals surface area contributed by atoms with Crippen LogP contribution < -0.4 is 34.3 Å². The second-order valence-corrected chi connectivity index (χ2v) is 3.67. The number of unbranched alkanes of at least 4 members (excludes halogenated alkanes) is 3. The third kappa shape index (κ3) is 13.5. The Hall–Kier alpha value is 0.870. The summed E-state index contributed by atoms with van der Waals surface area (Å²) in [5.41, 5.74) is 0. The zero-order valence-electron chi connectivity index (χ0n) is 8.71. The minimum atomic E-state index is -3.96. The van der Waals surface area contributed by atoms with Gasteiger partial charge in [-0.05, 0) is 6.42 Å². The largest absolute Gasteiger partial charge is 1.00 e. The van der Waals surface area contributed by atoms with Crippen LogP contribution in [0.5, 0.6) is 0 Å². The van der Waals surface area contributed by atoms with E-state index in [4.69, 9.17) is 4.55 Å². The maximum atomic E-state index is 10.1.